The van der Waals surface area contributed by atoms with Crippen LogP contribution in [0.15, 0.2) is 83.3 Å². The molecule has 3 aromatic carbocycles. The highest BCUT2D eigenvalue weighted by Crippen LogP contribution is 2.47. The summed E-state index contributed by atoms with van der Waals surface area (Å²) >= 11 is 3.43. The Labute approximate surface area is 191 Å². The molecule has 5 rings (SSSR count). The zero-order valence-electron chi connectivity index (χ0n) is 16.5. The Balaban J connectivity index is 1.55. The van der Waals surface area contributed by atoms with Gasteiger partial charge in [-0.05, 0) is 42.0 Å². The number of halogens is 1. The van der Waals surface area contributed by atoms with Crippen LogP contribution in [0.1, 0.15) is 11.6 Å². The van der Waals surface area contributed by atoms with E-state index in [-0.39, 0.29) is 11.4 Å². The van der Waals surface area contributed by atoms with E-state index in [1.807, 2.05) is 54.6 Å². The summed E-state index contributed by atoms with van der Waals surface area (Å²) in [6.45, 7) is 0. The number of carbonyl (C=O) groups excluding carboxylic acids is 2. The average Bonchev–Trinajstić information content (AvgIpc) is 3.31. The Hall–Kier alpha value is -3.56. The number of anilines is 2. The first-order valence-corrected chi connectivity index (χ1v) is 10.6. The summed E-state index contributed by atoms with van der Waals surface area (Å²) in [6, 6.07) is 21.7. The van der Waals surface area contributed by atoms with Gasteiger partial charge in [-0.15, -0.1) is 0 Å². The number of hydrogen-bond acceptors (Lipinski definition) is 6. The van der Waals surface area contributed by atoms with Crippen molar-refractivity contribution in [2.45, 2.75) is 12.1 Å². The minimum absolute atomic E-state index is 0.118. The van der Waals surface area contributed by atoms with Crippen LogP contribution in [0.25, 0.3) is 0 Å². The summed E-state index contributed by atoms with van der Waals surface area (Å²) < 4.78 is 0.893. The summed E-state index contributed by atoms with van der Waals surface area (Å²) in [7, 11) is 0. The van der Waals surface area contributed by atoms with Gasteiger partial charge in [0.2, 0.25) is 5.91 Å². The molecule has 0 N–H and O–H groups in total. The Morgan fingerprint density at radius 2 is 1.50 bits per heavy atom. The second-order valence-corrected chi connectivity index (χ2v) is 8.41. The molecule has 2 amide bonds. The molecule has 2 aliphatic rings. The molecule has 2 aliphatic heterocycles. The number of carbonyl (C=O) groups is 2. The van der Waals surface area contributed by atoms with Crippen molar-refractivity contribution in [2.75, 3.05) is 9.96 Å². The number of para-hydroxylation sites is 1. The van der Waals surface area contributed by atoms with Gasteiger partial charge in [-0.2, -0.15) is 0 Å². The highest BCUT2D eigenvalue weighted by atomic mass is 79.9. The summed E-state index contributed by atoms with van der Waals surface area (Å²) in [4.78, 5) is 44.3. The SMILES string of the molecule is O=C1[C@H]2[C@@H](c3ccc(Br)cc3)N(c3ccccc3)O[C@H]2C(=O)N1c1ccc([N+](=O)[O-])cc1. The molecule has 3 aromatic rings. The number of benzene rings is 3. The monoisotopic (exact) mass is 493 g/mol. The average molecular weight is 494 g/mol. The predicted octanol–water partition coefficient (Wildman–Crippen LogP) is 4.41. The fourth-order valence-corrected chi connectivity index (χ4v) is 4.45. The molecular weight excluding hydrogens is 478 g/mol. The number of amides is 2. The van der Waals surface area contributed by atoms with E-state index in [0.29, 0.717) is 0 Å². The minimum atomic E-state index is -0.994. The maximum atomic E-state index is 13.5. The normalized spacial score (nSPS) is 22.3. The van der Waals surface area contributed by atoms with Crippen molar-refractivity contribution < 1.29 is 19.3 Å². The van der Waals surface area contributed by atoms with Gasteiger partial charge in [0.05, 0.1) is 22.3 Å². The highest BCUT2D eigenvalue weighted by Gasteiger charge is 2.60. The van der Waals surface area contributed by atoms with Gasteiger partial charge in [0, 0.05) is 16.6 Å². The van der Waals surface area contributed by atoms with E-state index in [1.54, 1.807) is 5.06 Å². The third-order valence-corrected chi connectivity index (χ3v) is 6.19. The first-order chi connectivity index (χ1) is 15.5. The molecule has 0 unspecified atom stereocenters. The lowest BCUT2D eigenvalue weighted by Crippen LogP contribution is -2.37. The van der Waals surface area contributed by atoms with E-state index in [4.69, 9.17) is 4.84 Å². The molecule has 0 spiro atoms. The smallest absolute Gasteiger partial charge is 0.269 e. The van der Waals surface area contributed by atoms with E-state index in [2.05, 4.69) is 15.9 Å². The zero-order chi connectivity index (χ0) is 22.4. The number of nitro benzene ring substituents is 1. The molecule has 2 fully saturated rings. The second-order valence-electron chi connectivity index (χ2n) is 7.49. The van der Waals surface area contributed by atoms with Gasteiger partial charge in [-0.25, -0.2) is 9.96 Å². The van der Waals surface area contributed by atoms with E-state index < -0.39 is 34.8 Å². The topological polar surface area (TPSA) is 93.0 Å². The zero-order valence-corrected chi connectivity index (χ0v) is 18.1. The van der Waals surface area contributed by atoms with Crippen molar-refractivity contribution in [3.63, 3.8) is 0 Å². The largest absolute Gasteiger partial charge is 0.273 e. The van der Waals surface area contributed by atoms with Gasteiger partial charge in [0.25, 0.3) is 11.6 Å². The molecule has 160 valence electrons. The minimum Gasteiger partial charge on any atom is -0.273 e. The number of rotatable bonds is 4. The van der Waals surface area contributed by atoms with E-state index >= 15 is 0 Å². The fraction of sp³-hybridized carbons (Fsp3) is 0.130. The number of non-ortho nitro benzene ring substituents is 1. The first-order valence-electron chi connectivity index (χ1n) is 9.84. The van der Waals surface area contributed by atoms with Crippen LogP contribution < -0.4 is 9.96 Å². The van der Waals surface area contributed by atoms with Gasteiger partial charge in [-0.1, -0.05) is 46.3 Å². The maximum absolute atomic E-state index is 13.5. The van der Waals surface area contributed by atoms with Crippen LogP contribution in [0.4, 0.5) is 17.1 Å². The van der Waals surface area contributed by atoms with Crippen molar-refractivity contribution in [1.29, 1.82) is 0 Å². The van der Waals surface area contributed by atoms with Gasteiger partial charge in [-0.3, -0.25) is 24.5 Å². The third kappa shape index (κ3) is 3.26. The van der Waals surface area contributed by atoms with Crippen molar-refractivity contribution >= 4 is 44.8 Å². The Morgan fingerprint density at radius 3 is 2.12 bits per heavy atom. The molecule has 8 nitrogen and oxygen atoms in total. The van der Waals surface area contributed by atoms with E-state index in [0.717, 1.165) is 20.6 Å². The van der Waals surface area contributed by atoms with Crippen molar-refractivity contribution in [3.8, 4) is 0 Å². The lowest BCUT2D eigenvalue weighted by Gasteiger charge is -2.28. The molecule has 0 aliphatic carbocycles. The standard InChI is InChI=1S/C23H16BrN3O5/c24-15-8-6-14(7-9-15)20-19-21(32-26(20)17-4-2-1-3-5-17)23(29)25(22(19)28)16-10-12-18(13-11-16)27(30)31/h1-13,19-21H/t19-,20+,21+/m0/s1. The number of fused-ring (bicyclic) bond motifs is 1. The molecule has 9 heteroatoms. The molecule has 0 radical (unpaired) electrons. The van der Waals surface area contributed by atoms with Crippen LogP contribution in [0.2, 0.25) is 0 Å². The van der Waals surface area contributed by atoms with Crippen LogP contribution in [-0.4, -0.2) is 22.8 Å². The Bertz CT molecular complexity index is 1200. The number of hydrogen-bond donors (Lipinski definition) is 0. The van der Waals surface area contributed by atoms with Gasteiger partial charge >= 0.3 is 0 Å². The lowest BCUT2D eigenvalue weighted by atomic mass is 9.90. The predicted molar refractivity (Wildman–Crippen MR) is 120 cm³/mol. The molecule has 0 saturated carbocycles. The molecular formula is C23H16BrN3O5. The number of imide groups is 1. The molecule has 0 aromatic heterocycles. The number of hydroxylamine groups is 1. The molecule has 32 heavy (non-hydrogen) atoms. The summed E-state index contributed by atoms with van der Waals surface area (Å²) in [6.07, 6.45) is -0.994. The maximum Gasteiger partial charge on any atom is 0.269 e. The van der Waals surface area contributed by atoms with Crippen LogP contribution in [0, 0.1) is 16.0 Å². The fourth-order valence-electron chi connectivity index (χ4n) is 4.19. The van der Waals surface area contributed by atoms with Crippen LogP contribution in [-0.2, 0) is 14.4 Å². The third-order valence-electron chi connectivity index (χ3n) is 5.66. The second kappa shape index (κ2) is 7.85. The van der Waals surface area contributed by atoms with E-state index in [9.17, 15) is 19.7 Å². The number of nitrogens with zero attached hydrogens (tertiary/aromatic N) is 3. The molecule has 2 heterocycles. The van der Waals surface area contributed by atoms with Gasteiger partial charge < -0.3 is 0 Å². The quantitative estimate of drug-likeness (QED) is 0.303. The molecule has 0 bridgehead atoms. The van der Waals surface area contributed by atoms with Crippen LogP contribution in [0.3, 0.4) is 0 Å². The summed E-state index contributed by atoms with van der Waals surface area (Å²) in [5.74, 6) is -1.66. The Kier molecular flexibility index (Phi) is 4.99. The number of nitro groups is 1. The van der Waals surface area contributed by atoms with Crippen molar-refractivity contribution in [1.82, 2.24) is 0 Å². The Morgan fingerprint density at radius 1 is 0.844 bits per heavy atom. The first kappa shape index (κ1) is 20.3. The molecule has 3 atom stereocenters. The lowest BCUT2D eigenvalue weighted by molar-refractivity contribution is -0.384. The van der Waals surface area contributed by atoms with Gasteiger partial charge in [0.1, 0.15) is 5.92 Å². The van der Waals surface area contributed by atoms with Crippen molar-refractivity contribution in [3.05, 3.63) is 99.0 Å². The summed E-state index contributed by atoms with van der Waals surface area (Å²) in [5.41, 5.74) is 1.73. The highest BCUT2D eigenvalue weighted by molar-refractivity contribution is 9.10. The van der Waals surface area contributed by atoms with Crippen LogP contribution in [0.5, 0.6) is 0 Å². The van der Waals surface area contributed by atoms with E-state index in [1.165, 1.54) is 24.3 Å². The van der Waals surface area contributed by atoms with Crippen molar-refractivity contribution in [2.24, 2.45) is 5.92 Å². The van der Waals surface area contributed by atoms with Crippen LogP contribution >= 0.6 is 15.9 Å². The molecule has 2 saturated heterocycles. The van der Waals surface area contributed by atoms with Gasteiger partial charge in [0.15, 0.2) is 6.10 Å². The summed E-state index contributed by atoms with van der Waals surface area (Å²) in [5, 5.41) is 12.6.